The van der Waals surface area contributed by atoms with Crippen molar-refractivity contribution in [2.75, 3.05) is 24.2 Å². The molecule has 2 amide bonds. The summed E-state index contributed by atoms with van der Waals surface area (Å²) in [6, 6.07) is 25.5. The van der Waals surface area contributed by atoms with Crippen LogP contribution in [0.15, 0.2) is 84.9 Å². The number of benzene rings is 3. The number of hydrogen-bond donors (Lipinski definition) is 1. The highest BCUT2D eigenvalue weighted by Crippen LogP contribution is 2.20. The smallest absolute Gasteiger partial charge is 0.242 e. The molecule has 8 heteroatoms. The fourth-order valence-corrected chi connectivity index (χ4v) is 5.26. The maximum Gasteiger partial charge on any atom is 0.242 e. The molecule has 0 unspecified atom stereocenters. The van der Waals surface area contributed by atoms with E-state index >= 15 is 0 Å². The van der Waals surface area contributed by atoms with E-state index in [0.29, 0.717) is 18.5 Å². The Morgan fingerprint density at radius 2 is 1.49 bits per heavy atom. The lowest BCUT2D eigenvalue weighted by Crippen LogP contribution is -2.50. The van der Waals surface area contributed by atoms with E-state index in [9.17, 15) is 18.0 Å². The number of nitrogens with one attached hydrogen (secondary N) is 1. The van der Waals surface area contributed by atoms with Gasteiger partial charge in [-0.15, -0.1) is 0 Å². The highest BCUT2D eigenvalue weighted by Gasteiger charge is 2.30. The van der Waals surface area contributed by atoms with Crippen molar-refractivity contribution in [3.05, 3.63) is 102 Å². The molecule has 3 rings (SSSR count). The molecule has 0 bridgehead atoms. The van der Waals surface area contributed by atoms with Gasteiger partial charge >= 0.3 is 0 Å². The molecule has 0 spiro atoms. The summed E-state index contributed by atoms with van der Waals surface area (Å²) >= 11 is 0. The van der Waals surface area contributed by atoms with E-state index in [2.05, 4.69) is 5.32 Å². The Kier molecular flexibility index (Phi) is 9.85. The van der Waals surface area contributed by atoms with Crippen molar-refractivity contribution in [1.29, 1.82) is 0 Å². The molecule has 37 heavy (non-hydrogen) atoms. The van der Waals surface area contributed by atoms with Crippen LogP contribution < -0.4 is 9.62 Å². The molecule has 0 heterocycles. The molecule has 0 radical (unpaired) electrons. The zero-order chi connectivity index (χ0) is 26.8. The third kappa shape index (κ3) is 7.92. The number of para-hydroxylation sites is 1. The summed E-state index contributed by atoms with van der Waals surface area (Å²) in [6.07, 6.45) is 1.95. The average Bonchev–Trinajstić information content (AvgIpc) is 2.89. The molecule has 1 N–H and O–H groups in total. The van der Waals surface area contributed by atoms with Crippen molar-refractivity contribution in [3.8, 4) is 0 Å². The quantitative estimate of drug-likeness (QED) is 0.391. The third-order valence-corrected chi connectivity index (χ3v) is 7.51. The van der Waals surface area contributed by atoms with Crippen molar-refractivity contribution in [3.63, 3.8) is 0 Å². The molecule has 3 aromatic rings. The van der Waals surface area contributed by atoms with E-state index in [1.165, 1.54) is 4.31 Å². The fraction of sp³-hybridized carbons (Fsp3) is 0.310. The molecule has 0 saturated carbocycles. The van der Waals surface area contributed by atoms with Crippen LogP contribution in [0.4, 0.5) is 5.69 Å². The van der Waals surface area contributed by atoms with Gasteiger partial charge in [0.2, 0.25) is 21.8 Å². The summed E-state index contributed by atoms with van der Waals surface area (Å²) in [7, 11) is -1.95. The van der Waals surface area contributed by atoms with E-state index in [4.69, 9.17) is 0 Å². The monoisotopic (exact) mass is 521 g/mol. The second-order valence-corrected chi connectivity index (χ2v) is 10.9. The van der Waals surface area contributed by atoms with Gasteiger partial charge in [0.05, 0.1) is 11.9 Å². The second kappa shape index (κ2) is 13.1. The summed E-state index contributed by atoms with van der Waals surface area (Å²) in [5, 5.41) is 2.72. The lowest BCUT2D eigenvalue weighted by atomic mass is 10.0. The van der Waals surface area contributed by atoms with Crippen molar-refractivity contribution in [2.45, 2.75) is 38.8 Å². The van der Waals surface area contributed by atoms with Gasteiger partial charge in [-0.25, -0.2) is 8.42 Å². The van der Waals surface area contributed by atoms with Crippen LogP contribution in [-0.2, 0) is 32.6 Å². The normalized spacial score (nSPS) is 12.0. The predicted octanol–water partition coefficient (Wildman–Crippen LogP) is 3.93. The first-order valence-electron chi connectivity index (χ1n) is 12.3. The number of carbonyl (C=O) groups is 2. The van der Waals surface area contributed by atoms with Crippen molar-refractivity contribution in [2.24, 2.45) is 0 Å². The molecule has 196 valence electrons. The average molecular weight is 522 g/mol. The van der Waals surface area contributed by atoms with Crippen LogP contribution >= 0.6 is 0 Å². The molecule has 0 fully saturated rings. The van der Waals surface area contributed by atoms with Crippen LogP contribution in [-0.4, -0.2) is 51.0 Å². The Morgan fingerprint density at radius 3 is 2.08 bits per heavy atom. The summed E-state index contributed by atoms with van der Waals surface area (Å²) in [4.78, 5) is 28.3. The zero-order valence-electron chi connectivity index (χ0n) is 21.6. The predicted molar refractivity (Wildman–Crippen MR) is 148 cm³/mol. The Bertz CT molecular complexity index is 1280. The van der Waals surface area contributed by atoms with Crippen molar-refractivity contribution in [1.82, 2.24) is 10.2 Å². The summed E-state index contributed by atoms with van der Waals surface area (Å²) < 4.78 is 26.2. The van der Waals surface area contributed by atoms with Gasteiger partial charge in [-0.2, -0.15) is 0 Å². The number of likely N-dealkylation sites (N-methyl/N-ethyl adjacent to an activating group) is 1. The first-order chi connectivity index (χ1) is 17.7. The van der Waals surface area contributed by atoms with Crippen LogP contribution in [0.3, 0.4) is 0 Å². The SMILES string of the molecule is CNC(=O)[C@H](Cc1ccccc1)N(Cc1ccccc1C)C(=O)CCCN(c1ccccc1)S(C)(=O)=O. The van der Waals surface area contributed by atoms with Crippen LogP contribution in [0.25, 0.3) is 0 Å². The Labute approximate surface area is 220 Å². The number of aryl methyl sites for hydroxylation is 1. The van der Waals surface area contributed by atoms with Gasteiger partial charge in [0.1, 0.15) is 6.04 Å². The standard InChI is InChI=1S/C29H35N3O4S/c1-23-13-10-11-16-25(23)22-31(27(29(34)30-2)21-24-14-6-4-7-15-24)28(33)19-12-20-32(37(3,35)36)26-17-8-5-9-18-26/h4-11,13-18,27H,12,19-22H2,1-3H3,(H,30,34)/t27-/m0/s1. The third-order valence-electron chi connectivity index (χ3n) is 6.32. The molecule has 3 aromatic carbocycles. The van der Waals surface area contributed by atoms with Gasteiger partial charge in [0.15, 0.2) is 0 Å². The summed E-state index contributed by atoms with van der Waals surface area (Å²) in [6.45, 7) is 2.43. The molecule has 0 aliphatic heterocycles. The van der Waals surface area contributed by atoms with Crippen molar-refractivity contribution >= 4 is 27.5 Å². The van der Waals surface area contributed by atoms with E-state index in [-0.39, 0.29) is 31.3 Å². The number of hydrogen-bond acceptors (Lipinski definition) is 4. The van der Waals surface area contributed by atoms with E-state index in [0.717, 1.165) is 22.9 Å². The first kappa shape index (κ1) is 27.9. The van der Waals surface area contributed by atoms with Gasteiger partial charge in [-0.3, -0.25) is 13.9 Å². The Balaban J connectivity index is 1.84. The second-order valence-electron chi connectivity index (χ2n) is 9.04. The van der Waals surface area contributed by atoms with Crippen molar-refractivity contribution < 1.29 is 18.0 Å². The highest BCUT2D eigenvalue weighted by molar-refractivity contribution is 7.92. The van der Waals surface area contributed by atoms with Gasteiger partial charge < -0.3 is 10.2 Å². The molecule has 0 aliphatic rings. The molecule has 0 saturated heterocycles. The van der Waals surface area contributed by atoms with E-state index in [1.54, 1.807) is 36.2 Å². The number of carbonyl (C=O) groups excluding carboxylic acids is 2. The molecule has 0 aliphatic carbocycles. The number of sulfonamides is 1. The van der Waals surface area contributed by atoms with Gasteiger partial charge in [-0.1, -0.05) is 72.8 Å². The molecule has 1 atom stereocenters. The van der Waals surface area contributed by atoms with Crippen LogP contribution in [0.2, 0.25) is 0 Å². The van der Waals surface area contributed by atoms with Gasteiger partial charge in [-0.05, 0) is 42.2 Å². The number of amides is 2. The lowest BCUT2D eigenvalue weighted by molar-refractivity contribution is -0.141. The van der Waals surface area contributed by atoms with Gasteiger partial charge in [0.25, 0.3) is 0 Å². The first-order valence-corrected chi connectivity index (χ1v) is 14.2. The Morgan fingerprint density at radius 1 is 0.892 bits per heavy atom. The largest absolute Gasteiger partial charge is 0.357 e. The maximum absolute atomic E-state index is 13.7. The zero-order valence-corrected chi connectivity index (χ0v) is 22.4. The minimum atomic E-state index is -3.52. The number of nitrogens with zero attached hydrogens (tertiary/aromatic N) is 2. The minimum absolute atomic E-state index is 0.104. The molecule has 7 nitrogen and oxygen atoms in total. The lowest BCUT2D eigenvalue weighted by Gasteiger charge is -2.32. The Hall–Kier alpha value is -3.65. The topological polar surface area (TPSA) is 86.8 Å². The number of anilines is 1. The molecule has 0 aromatic heterocycles. The van der Waals surface area contributed by atoms with Gasteiger partial charge in [0, 0.05) is 33.0 Å². The molecular formula is C29H35N3O4S. The van der Waals surface area contributed by atoms with Crippen LogP contribution in [0.5, 0.6) is 0 Å². The van der Waals surface area contributed by atoms with E-state index in [1.807, 2.05) is 67.6 Å². The maximum atomic E-state index is 13.7. The summed E-state index contributed by atoms with van der Waals surface area (Å²) in [5.41, 5.74) is 3.50. The minimum Gasteiger partial charge on any atom is -0.357 e. The van der Waals surface area contributed by atoms with Crippen LogP contribution in [0.1, 0.15) is 29.5 Å². The van der Waals surface area contributed by atoms with Crippen LogP contribution in [0, 0.1) is 6.92 Å². The fourth-order valence-electron chi connectivity index (χ4n) is 4.29. The summed E-state index contributed by atoms with van der Waals surface area (Å²) in [5.74, 6) is -0.442. The molecular weight excluding hydrogens is 486 g/mol. The number of rotatable bonds is 12. The van der Waals surface area contributed by atoms with E-state index < -0.39 is 16.1 Å². The highest BCUT2D eigenvalue weighted by atomic mass is 32.2.